The molecule has 1 heterocycles. The minimum atomic E-state index is -3.79. The molecule has 1 atom stereocenters. The summed E-state index contributed by atoms with van der Waals surface area (Å²) in [6, 6.07) is 9.91. The predicted molar refractivity (Wildman–Crippen MR) is 120 cm³/mol. The molecule has 0 aliphatic carbocycles. The van der Waals surface area contributed by atoms with E-state index in [1.165, 1.54) is 4.31 Å². The molecule has 0 fully saturated rings. The molecule has 1 aliphatic rings. The van der Waals surface area contributed by atoms with Crippen molar-refractivity contribution in [2.45, 2.75) is 51.5 Å². The maximum Gasteiger partial charge on any atom is 0.243 e. The van der Waals surface area contributed by atoms with E-state index in [0.717, 1.165) is 16.7 Å². The van der Waals surface area contributed by atoms with Crippen molar-refractivity contribution in [3.63, 3.8) is 0 Å². The van der Waals surface area contributed by atoms with E-state index in [4.69, 9.17) is 9.47 Å². The first-order valence-electron chi connectivity index (χ1n) is 10.4. The fraction of sp³-hybridized carbons (Fsp3) is 0.458. The number of ketones is 1. The number of carbonyl (C=O) groups excluding carboxylic acids is 1. The number of methoxy groups -OCH3 is 2. The highest BCUT2D eigenvalue weighted by molar-refractivity contribution is 7.89. The maximum atomic E-state index is 13.6. The van der Waals surface area contributed by atoms with Crippen LogP contribution in [0.4, 0.5) is 0 Å². The average molecular weight is 446 g/mol. The van der Waals surface area contributed by atoms with Crippen LogP contribution in [0.15, 0.2) is 41.3 Å². The minimum Gasteiger partial charge on any atom is -0.493 e. The van der Waals surface area contributed by atoms with Crippen molar-refractivity contribution in [3.05, 3.63) is 53.1 Å². The van der Waals surface area contributed by atoms with Gasteiger partial charge in [-0.25, -0.2) is 8.42 Å². The summed E-state index contributed by atoms with van der Waals surface area (Å²) in [7, 11) is -0.672. The van der Waals surface area contributed by atoms with Gasteiger partial charge in [0.15, 0.2) is 11.5 Å². The fourth-order valence-electron chi connectivity index (χ4n) is 3.83. The highest BCUT2D eigenvalue weighted by Crippen LogP contribution is 2.42. The van der Waals surface area contributed by atoms with Gasteiger partial charge in [0.05, 0.1) is 25.2 Å². The summed E-state index contributed by atoms with van der Waals surface area (Å²) in [5.41, 5.74) is 2.17. The zero-order chi connectivity index (χ0) is 23.0. The fourth-order valence-corrected chi connectivity index (χ4v) is 5.44. The van der Waals surface area contributed by atoms with Gasteiger partial charge in [-0.2, -0.15) is 4.31 Å². The molecule has 6 nitrogen and oxygen atoms in total. The Balaban J connectivity index is 2.13. The van der Waals surface area contributed by atoms with Gasteiger partial charge in [-0.3, -0.25) is 4.79 Å². The first-order valence-corrected chi connectivity index (χ1v) is 11.8. The molecule has 0 saturated carbocycles. The molecule has 0 amide bonds. The Hall–Kier alpha value is -2.38. The van der Waals surface area contributed by atoms with Gasteiger partial charge in [0.2, 0.25) is 10.0 Å². The molecule has 3 rings (SSSR count). The number of carbonyl (C=O) groups is 1. The number of Topliss-reactive ketones (excluding diaryl/α,β-unsaturated/α-hetero) is 1. The zero-order valence-corrected chi connectivity index (χ0v) is 19.9. The average Bonchev–Trinajstić information content (AvgIpc) is 2.72. The second-order valence-electron chi connectivity index (χ2n) is 8.98. The lowest BCUT2D eigenvalue weighted by molar-refractivity contribution is -0.127. The topological polar surface area (TPSA) is 72.9 Å². The van der Waals surface area contributed by atoms with Gasteiger partial charge in [0.25, 0.3) is 0 Å². The quantitative estimate of drug-likeness (QED) is 0.663. The highest BCUT2D eigenvalue weighted by Gasteiger charge is 2.39. The molecule has 1 unspecified atom stereocenters. The van der Waals surface area contributed by atoms with E-state index < -0.39 is 21.5 Å². The van der Waals surface area contributed by atoms with Crippen LogP contribution in [0.2, 0.25) is 0 Å². The van der Waals surface area contributed by atoms with Crippen LogP contribution in [0.3, 0.4) is 0 Å². The Labute approximate surface area is 185 Å². The smallest absolute Gasteiger partial charge is 0.243 e. The molecule has 31 heavy (non-hydrogen) atoms. The third-order valence-corrected chi connectivity index (χ3v) is 7.72. The minimum absolute atomic E-state index is 0.00393. The Morgan fingerprint density at radius 3 is 2.19 bits per heavy atom. The number of hydrogen-bond donors (Lipinski definition) is 0. The lowest BCUT2D eigenvalue weighted by Crippen LogP contribution is -2.42. The van der Waals surface area contributed by atoms with E-state index in [0.29, 0.717) is 24.5 Å². The van der Waals surface area contributed by atoms with Crippen LogP contribution in [0, 0.1) is 12.3 Å². The lowest BCUT2D eigenvalue weighted by Gasteiger charge is -2.37. The van der Waals surface area contributed by atoms with E-state index in [9.17, 15) is 13.2 Å². The van der Waals surface area contributed by atoms with Crippen molar-refractivity contribution in [1.29, 1.82) is 0 Å². The number of fused-ring (bicyclic) bond motifs is 1. The van der Waals surface area contributed by atoms with Crippen molar-refractivity contribution in [3.8, 4) is 11.5 Å². The SMILES string of the molecule is COc1cc2c(cc1OC)C(CC(=O)C(C)(C)C)N(S(=O)(=O)c1ccc(C)cc1)CC2. The second-order valence-corrected chi connectivity index (χ2v) is 10.9. The Kier molecular flexibility index (Phi) is 6.48. The summed E-state index contributed by atoms with van der Waals surface area (Å²) in [4.78, 5) is 13.2. The van der Waals surface area contributed by atoms with Crippen molar-refractivity contribution in [1.82, 2.24) is 4.31 Å². The third kappa shape index (κ3) is 4.62. The Morgan fingerprint density at radius 1 is 1.06 bits per heavy atom. The summed E-state index contributed by atoms with van der Waals surface area (Å²) in [6.07, 6.45) is 0.623. The second kappa shape index (κ2) is 8.63. The first-order chi connectivity index (χ1) is 14.5. The highest BCUT2D eigenvalue weighted by atomic mass is 32.2. The van der Waals surface area contributed by atoms with E-state index in [2.05, 4.69) is 0 Å². The molecule has 0 bridgehead atoms. The van der Waals surface area contributed by atoms with Crippen molar-refractivity contribution in [2.24, 2.45) is 5.41 Å². The lowest BCUT2D eigenvalue weighted by atomic mass is 9.83. The summed E-state index contributed by atoms with van der Waals surface area (Å²) < 4.78 is 39.5. The van der Waals surface area contributed by atoms with Crippen LogP contribution in [0.25, 0.3) is 0 Å². The van der Waals surface area contributed by atoms with E-state index in [1.54, 1.807) is 38.5 Å². The van der Waals surface area contributed by atoms with Crippen molar-refractivity contribution >= 4 is 15.8 Å². The predicted octanol–water partition coefficient (Wildman–Crippen LogP) is 4.31. The number of aryl methyl sites for hydroxylation is 1. The molecule has 7 heteroatoms. The molecule has 0 saturated heterocycles. The Morgan fingerprint density at radius 2 is 1.65 bits per heavy atom. The largest absolute Gasteiger partial charge is 0.493 e. The molecule has 0 aromatic heterocycles. The van der Waals surface area contributed by atoms with Gasteiger partial charge in [0, 0.05) is 18.4 Å². The Bertz CT molecular complexity index is 1070. The molecule has 0 N–H and O–H groups in total. The van der Waals surface area contributed by atoms with Crippen LogP contribution < -0.4 is 9.47 Å². The molecule has 0 spiro atoms. The number of rotatable bonds is 6. The monoisotopic (exact) mass is 445 g/mol. The standard InChI is InChI=1S/C24H31NO5S/c1-16-7-9-18(10-8-16)31(27,28)25-12-11-17-13-21(29-5)22(30-6)14-19(17)20(25)15-23(26)24(2,3)4/h7-10,13-14,20H,11-12,15H2,1-6H3. The number of sulfonamides is 1. The molecule has 168 valence electrons. The normalized spacial score (nSPS) is 17.2. The van der Waals surface area contributed by atoms with Gasteiger partial charge in [-0.15, -0.1) is 0 Å². The van der Waals surface area contributed by atoms with Crippen LogP contribution in [0.5, 0.6) is 11.5 Å². The third-order valence-electron chi connectivity index (χ3n) is 5.80. The van der Waals surface area contributed by atoms with Crippen LogP contribution in [-0.4, -0.2) is 39.3 Å². The van der Waals surface area contributed by atoms with Crippen LogP contribution in [-0.2, 0) is 21.2 Å². The van der Waals surface area contributed by atoms with Gasteiger partial charge in [-0.1, -0.05) is 38.5 Å². The summed E-state index contributed by atoms with van der Waals surface area (Å²) in [5, 5.41) is 0. The molecule has 0 radical (unpaired) electrons. The van der Waals surface area contributed by atoms with Gasteiger partial charge < -0.3 is 9.47 Å². The van der Waals surface area contributed by atoms with E-state index in [-0.39, 0.29) is 17.1 Å². The van der Waals surface area contributed by atoms with Gasteiger partial charge in [0.1, 0.15) is 5.78 Å². The van der Waals surface area contributed by atoms with Gasteiger partial charge in [-0.05, 0) is 48.7 Å². The number of nitrogens with zero attached hydrogens (tertiary/aromatic N) is 1. The maximum absolute atomic E-state index is 13.6. The van der Waals surface area contributed by atoms with Crippen molar-refractivity contribution in [2.75, 3.05) is 20.8 Å². The van der Waals surface area contributed by atoms with Gasteiger partial charge >= 0.3 is 0 Å². The summed E-state index contributed by atoms with van der Waals surface area (Å²) >= 11 is 0. The number of hydrogen-bond acceptors (Lipinski definition) is 5. The number of benzene rings is 2. The summed E-state index contributed by atoms with van der Waals surface area (Å²) in [6.45, 7) is 7.77. The van der Waals surface area contributed by atoms with Crippen LogP contribution >= 0.6 is 0 Å². The number of ether oxygens (including phenoxy) is 2. The van der Waals surface area contributed by atoms with E-state index in [1.807, 2.05) is 39.8 Å². The molecule has 2 aromatic carbocycles. The molecular formula is C24H31NO5S. The molecule has 1 aliphatic heterocycles. The summed E-state index contributed by atoms with van der Waals surface area (Å²) in [5.74, 6) is 1.12. The molecular weight excluding hydrogens is 414 g/mol. The molecule has 2 aromatic rings. The van der Waals surface area contributed by atoms with E-state index >= 15 is 0 Å². The zero-order valence-electron chi connectivity index (χ0n) is 19.1. The first kappa shape index (κ1) is 23.3. The van der Waals surface area contributed by atoms with Crippen molar-refractivity contribution < 1.29 is 22.7 Å². The van der Waals surface area contributed by atoms with Crippen LogP contribution in [0.1, 0.15) is 49.9 Å².